The van der Waals surface area contributed by atoms with E-state index in [0.717, 1.165) is 39.5 Å². The van der Waals surface area contributed by atoms with Crippen molar-refractivity contribution in [1.29, 1.82) is 0 Å². The first kappa shape index (κ1) is 28.9. The molecule has 0 saturated carbocycles. The fourth-order valence-electron chi connectivity index (χ4n) is 4.09. The normalized spacial score (nSPS) is 10.8. The van der Waals surface area contributed by atoms with Crippen LogP contribution in [-0.2, 0) is 6.54 Å². The van der Waals surface area contributed by atoms with Gasteiger partial charge >= 0.3 is 11.7 Å². The third-order valence-corrected chi connectivity index (χ3v) is 6.81. The number of nitrogens with zero attached hydrogens (tertiary/aromatic N) is 5. The molecule has 14 heteroatoms. The lowest BCUT2D eigenvalue weighted by Gasteiger charge is -2.10. The van der Waals surface area contributed by atoms with Crippen molar-refractivity contribution in [3.05, 3.63) is 123 Å². The third-order valence-electron chi connectivity index (χ3n) is 6.22. The van der Waals surface area contributed by atoms with Crippen molar-refractivity contribution < 1.29 is 23.4 Å². The summed E-state index contributed by atoms with van der Waals surface area (Å²) in [6.45, 7) is 1.85. The maximum atomic E-state index is 14.0. The van der Waals surface area contributed by atoms with E-state index in [9.17, 15) is 23.2 Å². The van der Waals surface area contributed by atoms with Gasteiger partial charge in [-0.15, -0.1) is 0 Å². The molecule has 43 heavy (non-hydrogen) atoms. The van der Waals surface area contributed by atoms with Crippen molar-refractivity contribution in [2.45, 2.75) is 13.5 Å². The van der Waals surface area contributed by atoms with Gasteiger partial charge in [-0.1, -0.05) is 0 Å². The Morgan fingerprint density at radius 2 is 1.79 bits per heavy atom. The maximum absolute atomic E-state index is 14.0. The highest BCUT2D eigenvalue weighted by atomic mass is 32.1. The van der Waals surface area contributed by atoms with Crippen molar-refractivity contribution >= 4 is 28.7 Å². The zero-order valence-corrected chi connectivity index (χ0v) is 23.2. The van der Waals surface area contributed by atoms with Crippen LogP contribution in [-0.4, -0.2) is 34.2 Å². The number of carboxylic acid groups (broad SMARTS) is 1. The Morgan fingerprint density at radius 3 is 2.44 bits per heavy atom. The van der Waals surface area contributed by atoms with Crippen molar-refractivity contribution in [1.82, 2.24) is 23.1 Å². The van der Waals surface area contributed by atoms with Gasteiger partial charge in [-0.25, -0.2) is 31.8 Å². The largest absolute Gasteiger partial charge is 0.477 e. The van der Waals surface area contributed by atoms with Gasteiger partial charge in [-0.2, -0.15) is 5.10 Å². The molecule has 0 aliphatic carbocycles. The average Bonchev–Trinajstić information content (AvgIpc) is 3.69. The van der Waals surface area contributed by atoms with E-state index in [0.29, 0.717) is 16.0 Å². The van der Waals surface area contributed by atoms with Gasteiger partial charge in [0, 0.05) is 53.4 Å². The molecule has 0 spiro atoms. The fraction of sp³-hybridized carbons (Fsp3) is 0.0690. The van der Waals surface area contributed by atoms with Crippen LogP contribution >= 0.6 is 11.5 Å². The zero-order chi connectivity index (χ0) is 30.7. The summed E-state index contributed by atoms with van der Waals surface area (Å²) in [6.07, 6.45) is 6.32. The minimum Gasteiger partial charge on any atom is -0.477 e. The average molecular weight is 605 g/mol. The number of hydrogen-bond donors (Lipinski definition) is 2. The molecule has 218 valence electrons. The second kappa shape index (κ2) is 12.1. The van der Waals surface area contributed by atoms with Gasteiger partial charge < -0.3 is 15.6 Å². The monoisotopic (exact) mass is 604 g/mol. The smallest absolute Gasteiger partial charge is 0.342 e. The molecule has 0 saturated heterocycles. The molecular formula is C29H22F2N6O5S. The van der Waals surface area contributed by atoms with Gasteiger partial charge in [0.1, 0.15) is 16.9 Å². The number of halogens is 2. The van der Waals surface area contributed by atoms with Crippen LogP contribution in [0, 0.1) is 11.6 Å². The Hall–Kier alpha value is -5.63. The van der Waals surface area contributed by atoms with Crippen LogP contribution in [0.1, 0.15) is 17.3 Å². The first-order chi connectivity index (χ1) is 20.7. The molecule has 6 aromatic rings. The van der Waals surface area contributed by atoms with Gasteiger partial charge in [0.25, 0.3) is 5.56 Å². The number of nitrogens with two attached hydrogens (primary N) is 1. The predicted octanol–water partition coefficient (Wildman–Crippen LogP) is 4.83. The molecule has 0 aliphatic rings. The van der Waals surface area contributed by atoms with E-state index >= 15 is 0 Å². The summed E-state index contributed by atoms with van der Waals surface area (Å²) in [6, 6.07) is 12.6. The van der Waals surface area contributed by atoms with E-state index in [1.165, 1.54) is 35.8 Å². The van der Waals surface area contributed by atoms with Crippen molar-refractivity contribution in [2.75, 3.05) is 5.73 Å². The molecule has 0 fully saturated rings. The minimum absolute atomic E-state index is 0.114. The molecule has 4 heterocycles. The Kier molecular flexibility index (Phi) is 8.11. The van der Waals surface area contributed by atoms with Gasteiger partial charge in [-0.3, -0.25) is 9.36 Å². The SMILES string of the molecule is CCn1cc(C(=O)O)c(=O)n(-c2ccc(F)cc2)c1=O.Nc1ccc(Oc2cc(-c3cnsc3)cn3nccc23)c(F)c1. The number of hydrogen-bond acceptors (Lipinski definition) is 8. The summed E-state index contributed by atoms with van der Waals surface area (Å²) in [4.78, 5) is 35.2. The molecule has 3 N–H and O–H groups in total. The molecule has 11 nitrogen and oxygen atoms in total. The lowest BCUT2D eigenvalue weighted by molar-refractivity contribution is 0.0693. The number of pyridine rings is 1. The molecule has 0 unspecified atom stereocenters. The van der Waals surface area contributed by atoms with Crippen molar-refractivity contribution in [3.63, 3.8) is 0 Å². The van der Waals surface area contributed by atoms with Crippen molar-refractivity contribution in [3.8, 4) is 28.3 Å². The summed E-state index contributed by atoms with van der Waals surface area (Å²) in [5.74, 6) is -1.83. The first-order valence-electron chi connectivity index (χ1n) is 12.6. The Bertz CT molecular complexity index is 2050. The molecule has 6 rings (SSSR count). The number of aromatic nitrogens is 5. The van der Waals surface area contributed by atoms with Crippen LogP contribution in [0.4, 0.5) is 14.5 Å². The summed E-state index contributed by atoms with van der Waals surface area (Å²) in [7, 11) is 0. The summed E-state index contributed by atoms with van der Waals surface area (Å²) >= 11 is 1.36. The van der Waals surface area contributed by atoms with Gasteiger partial charge in [0.15, 0.2) is 17.3 Å². The van der Waals surface area contributed by atoms with E-state index in [4.69, 9.17) is 15.6 Å². The second-order valence-electron chi connectivity index (χ2n) is 8.99. The number of aryl methyl sites for hydroxylation is 1. The lowest BCUT2D eigenvalue weighted by Crippen LogP contribution is -2.41. The molecule has 0 bridgehead atoms. The standard InChI is InChI=1S/C16H11FN4OS.C13H11FN2O4/c17-13-6-12(18)1-2-15(13)22-16-5-10(11-7-20-23-9-11)8-21-14(16)3-4-19-21;1-2-15-7-10(12(18)19)11(17)16(13(15)20)9-5-3-8(14)4-6-9/h1-9H,18H2;3-7H,2H2,1H3,(H,18,19). The number of aromatic carboxylic acids is 1. The van der Waals surface area contributed by atoms with Gasteiger partial charge in [-0.05, 0) is 67.0 Å². The number of fused-ring (bicyclic) bond motifs is 1. The maximum Gasteiger partial charge on any atom is 0.342 e. The zero-order valence-electron chi connectivity index (χ0n) is 22.3. The highest BCUT2D eigenvalue weighted by Crippen LogP contribution is 2.33. The molecule has 0 aliphatic heterocycles. The van der Waals surface area contributed by atoms with E-state index in [1.54, 1.807) is 36.0 Å². The number of benzene rings is 2. The van der Waals surface area contributed by atoms with Crippen LogP contribution in [0.25, 0.3) is 22.3 Å². The van der Waals surface area contributed by atoms with Crippen molar-refractivity contribution in [2.24, 2.45) is 0 Å². The molecule has 0 radical (unpaired) electrons. The Balaban J connectivity index is 0.000000173. The summed E-state index contributed by atoms with van der Waals surface area (Å²) < 4.78 is 40.3. The van der Waals surface area contributed by atoms with Gasteiger partial charge in [0.05, 0.1) is 11.9 Å². The Morgan fingerprint density at radius 1 is 1.02 bits per heavy atom. The molecule has 0 amide bonds. The number of carbonyl (C=O) groups is 1. The highest BCUT2D eigenvalue weighted by Gasteiger charge is 2.17. The number of ether oxygens (including phenoxy) is 1. The Labute approximate surface area is 245 Å². The number of rotatable bonds is 6. The molecular weight excluding hydrogens is 582 g/mol. The van der Waals surface area contributed by atoms with E-state index in [1.807, 2.05) is 17.6 Å². The third kappa shape index (κ3) is 6.04. The summed E-state index contributed by atoms with van der Waals surface area (Å²) in [5, 5.41) is 15.2. The summed E-state index contributed by atoms with van der Waals surface area (Å²) in [5.41, 5.74) is 6.49. The van der Waals surface area contributed by atoms with E-state index in [2.05, 4.69) is 9.47 Å². The number of carboxylic acids is 1. The minimum atomic E-state index is -1.42. The predicted molar refractivity (Wildman–Crippen MR) is 156 cm³/mol. The quantitative estimate of drug-likeness (QED) is 0.257. The lowest BCUT2D eigenvalue weighted by atomic mass is 10.1. The van der Waals surface area contributed by atoms with Gasteiger partial charge in [0.2, 0.25) is 0 Å². The van der Waals surface area contributed by atoms with Crippen LogP contribution < -0.4 is 21.7 Å². The van der Waals surface area contributed by atoms with Crippen LogP contribution in [0.3, 0.4) is 0 Å². The van der Waals surface area contributed by atoms with Crippen LogP contribution in [0.2, 0.25) is 0 Å². The topological polar surface area (TPSA) is 147 Å². The van der Waals surface area contributed by atoms with Crippen LogP contribution in [0.5, 0.6) is 11.5 Å². The molecule has 0 atom stereocenters. The molecule has 2 aromatic carbocycles. The first-order valence-corrected chi connectivity index (χ1v) is 13.5. The fourth-order valence-corrected chi connectivity index (χ4v) is 4.64. The van der Waals surface area contributed by atoms with Crippen LogP contribution in [0.15, 0.2) is 94.4 Å². The van der Waals surface area contributed by atoms with E-state index < -0.39 is 34.4 Å². The second-order valence-corrected chi connectivity index (χ2v) is 9.65. The van der Waals surface area contributed by atoms with E-state index in [-0.39, 0.29) is 18.0 Å². The molecule has 4 aromatic heterocycles. The highest BCUT2D eigenvalue weighted by molar-refractivity contribution is 7.03. The number of nitrogen functional groups attached to an aromatic ring is 1. The number of anilines is 1.